The molecule has 1 N–H and O–H groups in total. The summed E-state index contributed by atoms with van der Waals surface area (Å²) < 4.78 is 0. The third-order valence-corrected chi connectivity index (χ3v) is 2.89. The van der Waals surface area contributed by atoms with Crippen molar-refractivity contribution < 1.29 is 9.90 Å². The summed E-state index contributed by atoms with van der Waals surface area (Å²) in [5.41, 5.74) is 2.23. The highest BCUT2D eigenvalue weighted by Gasteiger charge is 2.15. The second-order valence-corrected chi connectivity index (χ2v) is 4.88. The fraction of sp³-hybridized carbons (Fsp3) is 0.500. The number of hydrogen-bond acceptors (Lipinski definition) is 2. The number of carboxylic acids is 1. The van der Waals surface area contributed by atoms with Crippen LogP contribution in [-0.2, 0) is 0 Å². The fourth-order valence-electron chi connectivity index (χ4n) is 1.90. The van der Waals surface area contributed by atoms with Gasteiger partial charge in [-0.05, 0) is 30.9 Å². The molecule has 0 saturated heterocycles. The lowest BCUT2D eigenvalue weighted by Crippen LogP contribution is -2.23. The molecule has 1 aromatic carbocycles. The number of aryl methyl sites for hydroxylation is 1. The Bertz CT molecular complexity index is 399. The van der Waals surface area contributed by atoms with Crippen molar-refractivity contribution in [1.29, 1.82) is 0 Å². The molecular formula is C14H21NO2. The minimum atomic E-state index is -0.861. The van der Waals surface area contributed by atoms with Gasteiger partial charge in [-0.2, -0.15) is 0 Å². The SMILES string of the molecule is Cc1cccc(C(=O)O)c1N(C)CCC(C)C. The standard InChI is InChI=1S/C14H21NO2/c1-10(2)8-9-15(4)13-11(3)6-5-7-12(13)14(16)17/h5-7,10H,8-9H2,1-4H3,(H,16,17). The summed E-state index contributed by atoms with van der Waals surface area (Å²) in [6.07, 6.45) is 1.06. The number of anilines is 1. The first-order chi connectivity index (χ1) is 7.93. The molecular weight excluding hydrogens is 214 g/mol. The van der Waals surface area contributed by atoms with Crippen LogP contribution >= 0.6 is 0 Å². The van der Waals surface area contributed by atoms with Crippen LogP contribution in [0.25, 0.3) is 0 Å². The average Bonchev–Trinajstić information content (AvgIpc) is 2.25. The molecule has 0 fully saturated rings. The highest BCUT2D eigenvalue weighted by atomic mass is 16.4. The fourth-order valence-corrected chi connectivity index (χ4v) is 1.90. The van der Waals surface area contributed by atoms with Crippen LogP contribution in [0, 0.1) is 12.8 Å². The maximum atomic E-state index is 11.2. The quantitative estimate of drug-likeness (QED) is 0.852. The summed E-state index contributed by atoms with van der Waals surface area (Å²) in [6.45, 7) is 7.17. The van der Waals surface area contributed by atoms with Gasteiger partial charge in [0.2, 0.25) is 0 Å². The van der Waals surface area contributed by atoms with Crippen LogP contribution in [0.2, 0.25) is 0 Å². The Morgan fingerprint density at radius 3 is 2.59 bits per heavy atom. The first-order valence-corrected chi connectivity index (χ1v) is 5.97. The Kier molecular flexibility index (Phi) is 4.55. The summed E-state index contributed by atoms with van der Waals surface area (Å²) in [5.74, 6) is -0.241. The van der Waals surface area contributed by atoms with Gasteiger partial charge in [-0.3, -0.25) is 0 Å². The van der Waals surface area contributed by atoms with Crippen LogP contribution in [0.5, 0.6) is 0 Å². The molecule has 1 rings (SSSR count). The van der Waals surface area contributed by atoms with Gasteiger partial charge in [-0.25, -0.2) is 4.79 Å². The van der Waals surface area contributed by atoms with Gasteiger partial charge in [-0.1, -0.05) is 26.0 Å². The van der Waals surface area contributed by atoms with Crippen molar-refractivity contribution in [3.05, 3.63) is 29.3 Å². The minimum Gasteiger partial charge on any atom is -0.478 e. The van der Waals surface area contributed by atoms with E-state index in [0.29, 0.717) is 11.5 Å². The molecule has 3 heteroatoms. The van der Waals surface area contributed by atoms with Gasteiger partial charge in [0.05, 0.1) is 11.3 Å². The van der Waals surface area contributed by atoms with E-state index in [-0.39, 0.29) is 0 Å². The van der Waals surface area contributed by atoms with E-state index in [9.17, 15) is 9.90 Å². The highest BCUT2D eigenvalue weighted by molar-refractivity contribution is 5.95. The van der Waals surface area contributed by atoms with Crippen molar-refractivity contribution in [3.8, 4) is 0 Å². The molecule has 0 radical (unpaired) electrons. The molecule has 0 spiro atoms. The Labute approximate surface area is 103 Å². The molecule has 17 heavy (non-hydrogen) atoms. The van der Waals surface area contributed by atoms with Gasteiger partial charge in [0.15, 0.2) is 0 Å². The molecule has 3 nitrogen and oxygen atoms in total. The molecule has 0 bridgehead atoms. The van der Waals surface area contributed by atoms with E-state index < -0.39 is 5.97 Å². The van der Waals surface area contributed by atoms with Crippen molar-refractivity contribution >= 4 is 11.7 Å². The number of nitrogens with zero attached hydrogens (tertiary/aromatic N) is 1. The predicted molar refractivity (Wildman–Crippen MR) is 70.9 cm³/mol. The van der Waals surface area contributed by atoms with Crippen molar-refractivity contribution in [2.45, 2.75) is 27.2 Å². The zero-order valence-corrected chi connectivity index (χ0v) is 11.0. The third-order valence-electron chi connectivity index (χ3n) is 2.89. The Hall–Kier alpha value is -1.51. The van der Waals surface area contributed by atoms with Gasteiger partial charge < -0.3 is 10.0 Å². The van der Waals surface area contributed by atoms with Crippen LogP contribution in [0.1, 0.15) is 36.2 Å². The third kappa shape index (κ3) is 3.48. The van der Waals surface area contributed by atoms with Crippen LogP contribution < -0.4 is 4.90 Å². The number of carbonyl (C=O) groups is 1. The van der Waals surface area contributed by atoms with Crippen molar-refractivity contribution in [2.24, 2.45) is 5.92 Å². The molecule has 0 aliphatic rings. The lowest BCUT2D eigenvalue weighted by molar-refractivity contribution is 0.0697. The lowest BCUT2D eigenvalue weighted by atomic mass is 10.1. The molecule has 94 valence electrons. The Morgan fingerprint density at radius 2 is 2.06 bits per heavy atom. The van der Waals surface area contributed by atoms with E-state index in [0.717, 1.165) is 24.2 Å². The molecule has 0 heterocycles. The van der Waals surface area contributed by atoms with Gasteiger partial charge in [0.25, 0.3) is 0 Å². The lowest BCUT2D eigenvalue weighted by Gasteiger charge is -2.24. The van der Waals surface area contributed by atoms with Crippen molar-refractivity contribution in [2.75, 3.05) is 18.5 Å². The number of para-hydroxylation sites is 1. The summed E-state index contributed by atoms with van der Waals surface area (Å²) in [6, 6.07) is 5.41. The van der Waals surface area contributed by atoms with Gasteiger partial charge >= 0.3 is 5.97 Å². The normalized spacial score (nSPS) is 10.6. The zero-order chi connectivity index (χ0) is 13.0. The average molecular weight is 235 g/mol. The number of rotatable bonds is 5. The monoisotopic (exact) mass is 235 g/mol. The van der Waals surface area contributed by atoms with Gasteiger partial charge in [0, 0.05) is 13.6 Å². The number of aromatic carboxylic acids is 1. The molecule has 0 aliphatic carbocycles. The molecule has 0 amide bonds. The number of carboxylic acid groups (broad SMARTS) is 1. The molecule has 0 unspecified atom stereocenters. The van der Waals surface area contributed by atoms with Crippen LogP contribution in [-0.4, -0.2) is 24.7 Å². The Balaban J connectivity index is 2.98. The second kappa shape index (κ2) is 5.71. The first kappa shape index (κ1) is 13.6. The van der Waals surface area contributed by atoms with Crippen LogP contribution in [0.4, 0.5) is 5.69 Å². The van der Waals surface area contributed by atoms with Gasteiger partial charge in [0.1, 0.15) is 0 Å². The molecule has 0 aliphatic heterocycles. The molecule has 0 atom stereocenters. The van der Waals surface area contributed by atoms with E-state index in [1.165, 1.54) is 0 Å². The molecule has 1 aromatic rings. The minimum absolute atomic E-state index is 0.385. The summed E-state index contributed by atoms with van der Waals surface area (Å²) in [5, 5.41) is 9.19. The van der Waals surface area contributed by atoms with E-state index in [1.54, 1.807) is 12.1 Å². The van der Waals surface area contributed by atoms with Crippen LogP contribution in [0.3, 0.4) is 0 Å². The van der Waals surface area contributed by atoms with Crippen LogP contribution in [0.15, 0.2) is 18.2 Å². The summed E-state index contributed by atoms with van der Waals surface area (Å²) in [7, 11) is 1.96. The predicted octanol–water partition coefficient (Wildman–Crippen LogP) is 3.18. The summed E-state index contributed by atoms with van der Waals surface area (Å²) >= 11 is 0. The first-order valence-electron chi connectivity index (χ1n) is 5.97. The topological polar surface area (TPSA) is 40.5 Å². The highest BCUT2D eigenvalue weighted by Crippen LogP contribution is 2.24. The maximum absolute atomic E-state index is 11.2. The zero-order valence-electron chi connectivity index (χ0n) is 11.0. The van der Waals surface area contributed by atoms with Gasteiger partial charge in [-0.15, -0.1) is 0 Å². The van der Waals surface area contributed by atoms with Crippen molar-refractivity contribution in [3.63, 3.8) is 0 Å². The smallest absolute Gasteiger partial charge is 0.337 e. The molecule has 0 saturated carbocycles. The van der Waals surface area contributed by atoms with E-state index in [1.807, 2.05) is 24.9 Å². The summed E-state index contributed by atoms with van der Waals surface area (Å²) in [4.78, 5) is 13.2. The van der Waals surface area contributed by atoms with Crippen molar-refractivity contribution in [1.82, 2.24) is 0 Å². The van der Waals surface area contributed by atoms with E-state index >= 15 is 0 Å². The number of benzene rings is 1. The van der Waals surface area contributed by atoms with E-state index in [4.69, 9.17) is 0 Å². The van der Waals surface area contributed by atoms with E-state index in [2.05, 4.69) is 13.8 Å². The second-order valence-electron chi connectivity index (χ2n) is 4.88. The molecule has 0 aromatic heterocycles. The largest absolute Gasteiger partial charge is 0.478 e. The maximum Gasteiger partial charge on any atom is 0.337 e. The Morgan fingerprint density at radius 1 is 1.41 bits per heavy atom. The number of hydrogen-bond donors (Lipinski definition) is 1.